The molecule has 1 N–H and O–H groups in total. The van der Waals surface area contributed by atoms with Gasteiger partial charge >= 0.3 is 0 Å². The Balaban J connectivity index is 2.82. The van der Waals surface area contributed by atoms with Crippen molar-refractivity contribution in [3.05, 3.63) is 0 Å². The molecule has 0 aromatic heterocycles. The SMILES string of the molecule is CCC(CC)[C@H](CN(C(C)=O)C(C)C)N1CCNCC1. The monoisotopic (exact) mass is 283 g/mol. The van der Waals surface area contributed by atoms with Gasteiger partial charge in [-0.2, -0.15) is 0 Å². The van der Waals surface area contributed by atoms with Crippen LogP contribution in [0.2, 0.25) is 0 Å². The van der Waals surface area contributed by atoms with E-state index < -0.39 is 0 Å². The first-order valence-corrected chi connectivity index (χ1v) is 8.23. The summed E-state index contributed by atoms with van der Waals surface area (Å²) >= 11 is 0. The van der Waals surface area contributed by atoms with E-state index in [-0.39, 0.29) is 11.9 Å². The van der Waals surface area contributed by atoms with Gasteiger partial charge in [0.15, 0.2) is 0 Å². The zero-order valence-electron chi connectivity index (χ0n) is 14.0. The van der Waals surface area contributed by atoms with Crippen molar-refractivity contribution < 1.29 is 4.79 Å². The highest BCUT2D eigenvalue weighted by Gasteiger charge is 2.29. The van der Waals surface area contributed by atoms with Crippen molar-refractivity contribution in [3.8, 4) is 0 Å². The molecule has 4 heteroatoms. The second kappa shape index (κ2) is 8.63. The summed E-state index contributed by atoms with van der Waals surface area (Å²) in [7, 11) is 0. The number of hydrogen-bond donors (Lipinski definition) is 1. The maximum atomic E-state index is 11.9. The van der Waals surface area contributed by atoms with Crippen molar-refractivity contribution in [3.63, 3.8) is 0 Å². The highest BCUT2D eigenvalue weighted by atomic mass is 16.2. The topological polar surface area (TPSA) is 35.6 Å². The second-order valence-corrected chi connectivity index (χ2v) is 6.20. The maximum Gasteiger partial charge on any atom is 0.219 e. The third-order valence-electron chi connectivity index (χ3n) is 4.63. The van der Waals surface area contributed by atoms with Crippen LogP contribution in [0.4, 0.5) is 0 Å². The summed E-state index contributed by atoms with van der Waals surface area (Å²) in [6, 6.07) is 0.783. The predicted octanol–water partition coefficient (Wildman–Crippen LogP) is 1.95. The Morgan fingerprint density at radius 3 is 2.15 bits per heavy atom. The van der Waals surface area contributed by atoms with Crippen LogP contribution in [0.5, 0.6) is 0 Å². The van der Waals surface area contributed by atoms with Crippen LogP contribution in [0, 0.1) is 5.92 Å². The number of rotatable bonds is 7. The zero-order chi connectivity index (χ0) is 15.1. The first kappa shape index (κ1) is 17.4. The molecule has 1 rings (SSSR count). The molecular weight excluding hydrogens is 250 g/mol. The highest BCUT2D eigenvalue weighted by molar-refractivity contribution is 5.73. The van der Waals surface area contributed by atoms with Gasteiger partial charge in [0, 0.05) is 51.7 Å². The minimum absolute atomic E-state index is 0.200. The minimum atomic E-state index is 0.200. The molecule has 20 heavy (non-hydrogen) atoms. The molecule has 0 bridgehead atoms. The van der Waals surface area contributed by atoms with Gasteiger partial charge in [0.05, 0.1) is 0 Å². The van der Waals surface area contributed by atoms with Crippen LogP contribution in [0.25, 0.3) is 0 Å². The van der Waals surface area contributed by atoms with Gasteiger partial charge in [0.25, 0.3) is 0 Å². The van der Waals surface area contributed by atoms with E-state index in [0.717, 1.165) is 32.7 Å². The molecule has 0 radical (unpaired) electrons. The fourth-order valence-corrected chi connectivity index (χ4v) is 3.31. The van der Waals surface area contributed by atoms with Crippen molar-refractivity contribution in [2.75, 3.05) is 32.7 Å². The van der Waals surface area contributed by atoms with Gasteiger partial charge in [-0.1, -0.05) is 26.7 Å². The lowest BCUT2D eigenvalue weighted by Gasteiger charge is -2.42. The van der Waals surface area contributed by atoms with Gasteiger partial charge in [-0.15, -0.1) is 0 Å². The van der Waals surface area contributed by atoms with E-state index in [0.29, 0.717) is 12.0 Å². The van der Waals surface area contributed by atoms with Gasteiger partial charge in [0.2, 0.25) is 5.91 Å². The average molecular weight is 283 g/mol. The van der Waals surface area contributed by atoms with E-state index >= 15 is 0 Å². The summed E-state index contributed by atoms with van der Waals surface area (Å²) in [5.41, 5.74) is 0. The minimum Gasteiger partial charge on any atom is -0.339 e. The van der Waals surface area contributed by atoms with E-state index in [1.165, 1.54) is 12.8 Å². The van der Waals surface area contributed by atoms with E-state index in [9.17, 15) is 4.79 Å². The molecule has 0 spiro atoms. The molecule has 1 aliphatic rings. The summed E-state index contributed by atoms with van der Waals surface area (Å²) in [5.74, 6) is 0.875. The van der Waals surface area contributed by atoms with E-state index in [2.05, 4.69) is 37.9 Å². The van der Waals surface area contributed by atoms with Crippen LogP contribution < -0.4 is 5.32 Å². The van der Waals surface area contributed by atoms with Crippen LogP contribution in [-0.4, -0.2) is 60.5 Å². The predicted molar refractivity (Wildman–Crippen MR) is 84.8 cm³/mol. The molecule has 0 aromatic carbocycles. The summed E-state index contributed by atoms with van der Waals surface area (Å²) in [5, 5.41) is 3.42. The largest absolute Gasteiger partial charge is 0.339 e. The van der Waals surface area contributed by atoms with Gasteiger partial charge in [-0.25, -0.2) is 0 Å². The van der Waals surface area contributed by atoms with Crippen molar-refractivity contribution in [1.29, 1.82) is 0 Å². The van der Waals surface area contributed by atoms with Crippen molar-refractivity contribution in [1.82, 2.24) is 15.1 Å². The Hall–Kier alpha value is -0.610. The fourth-order valence-electron chi connectivity index (χ4n) is 3.31. The summed E-state index contributed by atoms with van der Waals surface area (Å²) in [4.78, 5) is 16.5. The number of nitrogens with one attached hydrogen (secondary N) is 1. The van der Waals surface area contributed by atoms with Crippen LogP contribution in [0.1, 0.15) is 47.5 Å². The quantitative estimate of drug-likeness (QED) is 0.776. The van der Waals surface area contributed by atoms with E-state index in [1.54, 1.807) is 6.92 Å². The van der Waals surface area contributed by atoms with Gasteiger partial charge in [-0.3, -0.25) is 9.69 Å². The summed E-state index contributed by atoms with van der Waals surface area (Å²) in [6.07, 6.45) is 2.38. The lowest BCUT2D eigenvalue weighted by molar-refractivity contribution is -0.131. The molecule has 1 heterocycles. The van der Waals surface area contributed by atoms with E-state index in [4.69, 9.17) is 0 Å². The number of amides is 1. The van der Waals surface area contributed by atoms with Crippen LogP contribution in [-0.2, 0) is 4.79 Å². The average Bonchev–Trinajstić information content (AvgIpc) is 2.43. The number of nitrogens with zero attached hydrogens (tertiary/aromatic N) is 2. The first-order valence-electron chi connectivity index (χ1n) is 8.23. The number of carbonyl (C=O) groups excluding carboxylic acids is 1. The van der Waals surface area contributed by atoms with E-state index in [1.807, 2.05) is 4.90 Å². The normalized spacial score (nSPS) is 18.6. The third kappa shape index (κ3) is 4.74. The smallest absolute Gasteiger partial charge is 0.219 e. The number of carbonyl (C=O) groups is 1. The molecule has 0 unspecified atom stereocenters. The molecule has 1 atom stereocenters. The molecule has 1 amide bonds. The van der Waals surface area contributed by atoms with Gasteiger partial charge in [0.1, 0.15) is 0 Å². The molecule has 0 saturated carbocycles. The van der Waals surface area contributed by atoms with Crippen molar-refractivity contribution in [2.24, 2.45) is 5.92 Å². The Labute approximate surface area is 124 Å². The fraction of sp³-hybridized carbons (Fsp3) is 0.938. The molecule has 0 aromatic rings. The molecule has 1 saturated heterocycles. The standard InChI is InChI=1S/C16H33N3O/c1-6-15(7-2)16(18-10-8-17-9-11-18)12-19(13(3)4)14(5)20/h13,15-17H,6-12H2,1-5H3/t16-/m0/s1. The second-order valence-electron chi connectivity index (χ2n) is 6.20. The third-order valence-corrected chi connectivity index (χ3v) is 4.63. The summed E-state index contributed by atoms with van der Waals surface area (Å²) in [6.45, 7) is 15.7. The van der Waals surface area contributed by atoms with Crippen molar-refractivity contribution >= 4 is 5.91 Å². The Morgan fingerprint density at radius 2 is 1.75 bits per heavy atom. The van der Waals surface area contributed by atoms with Gasteiger partial charge < -0.3 is 10.2 Å². The zero-order valence-corrected chi connectivity index (χ0v) is 14.0. The molecule has 1 aliphatic heterocycles. The lowest BCUT2D eigenvalue weighted by Crippen LogP contribution is -2.56. The number of hydrogen-bond acceptors (Lipinski definition) is 3. The number of piperazine rings is 1. The van der Waals surface area contributed by atoms with Crippen LogP contribution in [0.15, 0.2) is 0 Å². The molecule has 1 fully saturated rings. The Bertz CT molecular complexity index is 283. The van der Waals surface area contributed by atoms with Crippen molar-refractivity contribution in [2.45, 2.75) is 59.5 Å². The highest BCUT2D eigenvalue weighted by Crippen LogP contribution is 2.21. The molecule has 4 nitrogen and oxygen atoms in total. The summed E-state index contributed by atoms with van der Waals surface area (Å²) < 4.78 is 0. The molecule has 118 valence electrons. The Kier molecular flexibility index (Phi) is 7.52. The van der Waals surface area contributed by atoms with Crippen LogP contribution >= 0.6 is 0 Å². The van der Waals surface area contributed by atoms with Crippen LogP contribution in [0.3, 0.4) is 0 Å². The lowest BCUT2D eigenvalue weighted by atomic mass is 9.91. The first-order chi connectivity index (χ1) is 9.51. The van der Waals surface area contributed by atoms with Gasteiger partial charge in [-0.05, 0) is 19.8 Å². The Morgan fingerprint density at radius 1 is 1.20 bits per heavy atom. The molecular formula is C16H33N3O. The molecule has 0 aliphatic carbocycles. The maximum absolute atomic E-state index is 11.9.